The normalized spacial score (nSPS) is 17.6. The molecule has 1 saturated heterocycles. The van der Waals surface area contributed by atoms with E-state index in [1.54, 1.807) is 9.80 Å². The lowest BCUT2D eigenvalue weighted by Crippen LogP contribution is -2.47. The molecule has 0 spiro atoms. The fraction of sp³-hybridized carbons (Fsp3) is 0.556. The molecule has 4 heteroatoms. The van der Waals surface area contributed by atoms with E-state index in [0.717, 1.165) is 18.4 Å². The van der Waals surface area contributed by atoms with Crippen molar-refractivity contribution >= 4 is 11.8 Å². The summed E-state index contributed by atoms with van der Waals surface area (Å²) in [5, 5.41) is 0. The Balaban J connectivity index is 2.20. The molecule has 0 N–H and O–H groups in total. The van der Waals surface area contributed by atoms with E-state index in [9.17, 15) is 9.59 Å². The Morgan fingerprint density at radius 2 is 1.86 bits per heavy atom. The van der Waals surface area contributed by atoms with Crippen LogP contribution in [0.5, 0.6) is 0 Å². The Morgan fingerprint density at radius 3 is 2.45 bits per heavy atom. The first-order valence-electron chi connectivity index (χ1n) is 8.16. The van der Waals surface area contributed by atoms with Crippen LogP contribution in [0.15, 0.2) is 18.2 Å². The predicted octanol–water partition coefficient (Wildman–Crippen LogP) is 3.41. The van der Waals surface area contributed by atoms with E-state index in [1.807, 2.05) is 45.9 Å². The first kappa shape index (κ1) is 16.5. The zero-order chi connectivity index (χ0) is 16.3. The van der Waals surface area contributed by atoms with Gasteiger partial charge < -0.3 is 9.80 Å². The third-order valence-electron chi connectivity index (χ3n) is 4.63. The highest BCUT2D eigenvalue weighted by atomic mass is 16.2. The molecule has 1 aromatic carbocycles. The average Bonchev–Trinajstić information content (AvgIpc) is 2.99. The van der Waals surface area contributed by atoms with Crippen molar-refractivity contribution in [2.24, 2.45) is 0 Å². The van der Waals surface area contributed by atoms with E-state index in [1.165, 1.54) is 5.56 Å². The van der Waals surface area contributed by atoms with Crippen molar-refractivity contribution in [1.29, 1.82) is 0 Å². The second-order valence-corrected chi connectivity index (χ2v) is 5.97. The van der Waals surface area contributed by atoms with Crippen molar-refractivity contribution in [3.8, 4) is 0 Å². The van der Waals surface area contributed by atoms with Crippen LogP contribution in [0, 0.1) is 13.8 Å². The summed E-state index contributed by atoms with van der Waals surface area (Å²) in [6.07, 6.45) is 1.66. The van der Waals surface area contributed by atoms with Crippen molar-refractivity contribution in [3.63, 3.8) is 0 Å². The fourth-order valence-corrected chi connectivity index (χ4v) is 3.03. The highest BCUT2D eigenvalue weighted by Crippen LogP contribution is 2.23. The van der Waals surface area contributed by atoms with Gasteiger partial charge in [0, 0.05) is 25.2 Å². The van der Waals surface area contributed by atoms with Gasteiger partial charge in [-0.1, -0.05) is 12.1 Å². The van der Waals surface area contributed by atoms with Gasteiger partial charge in [0.1, 0.15) is 0 Å². The van der Waals surface area contributed by atoms with Gasteiger partial charge in [-0.05, 0) is 57.7 Å². The second-order valence-electron chi connectivity index (χ2n) is 5.97. The molecular weight excluding hydrogens is 276 g/mol. The third kappa shape index (κ3) is 3.16. The Morgan fingerprint density at radius 1 is 1.18 bits per heavy atom. The Labute approximate surface area is 133 Å². The molecule has 22 heavy (non-hydrogen) atoms. The van der Waals surface area contributed by atoms with E-state index in [0.29, 0.717) is 25.2 Å². The molecule has 1 unspecified atom stereocenters. The van der Waals surface area contributed by atoms with Gasteiger partial charge in [-0.25, -0.2) is 4.79 Å². The molecule has 1 aromatic rings. The van der Waals surface area contributed by atoms with Crippen molar-refractivity contribution in [2.45, 2.75) is 46.6 Å². The minimum Gasteiger partial charge on any atom is -0.325 e. The van der Waals surface area contributed by atoms with Crippen LogP contribution >= 0.6 is 0 Å². The Bertz CT molecular complexity index is 564. The van der Waals surface area contributed by atoms with Crippen molar-refractivity contribution in [2.75, 3.05) is 19.6 Å². The number of likely N-dealkylation sites (tertiary alicyclic amines) is 1. The van der Waals surface area contributed by atoms with Gasteiger partial charge in [-0.15, -0.1) is 0 Å². The SMILES string of the molecule is CCN(CC)C(=O)N1CCCC1C(=O)c1ccc(C)c(C)c1. The van der Waals surface area contributed by atoms with Crippen LogP contribution in [0.3, 0.4) is 0 Å². The van der Waals surface area contributed by atoms with Gasteiger partial charge in [-0.2, -0.15) is 0 Å². The summed E-state index contributed by atoms with van der Waals surface area (Å²) < 4.78 is 0. The van der Waals surface area contributed by atoms with Gasteiger partial charge in [0.15, 0.2) is 5.78 Å². The molecule has 1 atom stereocenters. The number of hydrogen-bond acceptors (Lipinski definition) is 2. The van der Waals surface area contributed by atoms with Gasteiger partial charge >= 0.3 is 6.03 Å². The monoisotopic (exact) mass is 302 g/mol. The van der Waals surface area contributed by atoms with Gasteiger partial charge in [0.05, 0.1) is 6.04 Å². The van der Waals surface area contributed by atoms with Crippen molar-refractivity contribution in [1.82, 2.24) is 9.80 Å². The second kappa shape index (κ2) is 6.95. The molecule has 2 amide bonds. The third-order valence-corrected chi connectivity index (χ3v) is 4.63. The summed E-state index contributed by atoms with van der Waals surface area (Å²) in [6, 6.07) is 5.48. The van der Waals surface area contributed by atoms with Crippen molar-refractivity contribution in [3.05, 3.63) is 34.9 Å². The van der Waals surface area contributed by atoms with Crippen LogP contribution in [0.1, 0.15) is 48.2 Å². The molecule has 0 radical (unpaired) electrons. The van der Waals surface area contributed by atoms with E-state index < -0.39 is 0 Å². The lowest BCUT2D eigenvalue weighted by atomic mass is 9.98. The lowest BCUT2D eigenvalue weighted by Gasteiger charge is -2.30. The Kier molecular flexibility index (Phi) is 5.22. The van der Waals surface area contributed by atoms with E-state index in [4.69, 9.17) is 0 Å². The maximum atomic E-state index is 12.8. The number of aryl methyl sites for hydroxylation is 2. The smallest absolute Gasteiger partial charge is 0.320 e. The zero-order valence-corrected chi connectivity index (χ0v) is 14.1. The number of hydrogen-bond donors (Lipinski definition) is 0. The van der Waals surface area contributed by atoms with E-state index in [2.05, 4.69) is 0 Å². The van der Waals surface area contributed by atoms with Crippen LogP contribution in [0.2, 0.25) is 0 Å². The average molecular weight is 302 g/mol. The number of amides is 2. The molecule has 0 saturated carbocycles. The quantitative estimate of drug-likeness (QED) is 0.800. The minimum absolute atomic E-state index is 0.00955. The molecular formula is C18H26N2O2. The molecule has 4 nitrogen and oxygen atoms in total. The topological polar surface area (TPSA) is 40.6 Å². The Hall–Kier alpha value is -1.84. The largest absolute Gasteiger partial charge is 0.325 e. The van der Waals surface area contributed by atoms with Gasteiger partial charge in [-0.3, -0.25) is 4.79 Å². The molecule has 1 heterocycles. The highest BCUT2D eigenvalue weighted by molar-refractivity contribution is 6.02. The highest BCUT2D eigenvalue weighted by Gasteiger charge is 2.36. The molecule has 1 aliphatic rings. The summed E-state index contributed by atoms with van der Waals surface area (Å²) in [5.74, 6) is 0.0705. The molecule has 0 aromatic heterocycles. The van der Waals surface area contributed by atoms with Gasteiger partial charge in [0.25, 0.3) is 0 Å². The van der Waals surface area contributed by atoms with Crippen LogP contribution in [-0.4, -0.2) is 47.3 Å². The summed E-state index contributed by atoms with van der Waals surface area (Å²) in [7, 11) is 0. The number of rotatable bonds is 4. The molecule has 0 bridgehead atoms. The fourth-order valence-electron chi connectivity index (χ4n) is 3.03. The zero-order valence-electron chi connectivity index (χ0n) is 14.1. The molecule has 0 aliphatic carbocycles. The number of urea groups is 1. The first-order chi connectivity index (χ1) is 10.5. The molecule has 1 aliphatic heterocycles. The van der Waals surface area contributed by atoms with Crippen LogP contribution in [0.4, 0.5) is 4.79 Å². The summed E-state index contributed by atoms with van der Waals surface area (Å²) in [5.41, 5.74) is 3.01. The van der Waals surface area contributed by atoms with Crippen LogP contribution in [-0.2, 0) is 0 Å². The maximum absolute atomic E-state index is 12.8. The lowest BCUT2D eigenvalue weighted by molar-refractivity contribution is 0.0862. The van der Waals surface area contributed by atoms with Crippen LogP contribution < -0.4 is 0 Å². The van der Waals surface area contributed by atoms with E-state index in [-0.39, 0.29) is 17.9 Å². The number of Topliss-reactive ketones (excluding diaryl/α,β-unsaturated/α-hetero) is 1. The summed E-state index contributed by atoms with van der Waals surface area (Å²) >= 11 is 0. The molecule has 1 fully saturated rings. The minimum atomic E-state index is -0.310. The number of carbonyl (C=O) groups excluding carboxylic acids is 2. The molecule has 120 valence electrons. The van der Waals surface area contributed by atoms with Crippen molar-refractivity contribution < 1.29 is 9.59 Å². The summed E-state index contributed by atoms with van der Waals surface area (Å²) in [4.78, 5) is 28.9. The number of nitrogens with zero attached hydrogens (tertiary/aromatic N) is 2. The number of carbonyl (C=O) groups is 2. The number of ketones is 1. The standard InChI is InChI=1S/C18H26N2O2/c1-5-19(6-2)18(22)20-11-7-8-16(20)17(21)15-10-9-13(3)14(4)12-15/h9-10,12,16H,5-8,11H2,1-4H3. The van der Waals surface area contributed by atoms with E-state index >= 15 is 0 Å². The number of benzene rings is 1. The molecule has 2 rings (SSSR count). The van der Waals surface area contributed by atoms with Crippen LogP contribution in [0.25, 0.3) is 0 Å². The summed E-state index contributed by atoms with van der Waals surface area (Å²) in [6.45, 7) is 10.0. The first-order valence-corrected chi connectivity index (χ1v) is 8.16. The van der Waals surface area contributed by atoms with Gasteiger partial charge in [0.2, 0.25) is 0 Å². The predicted molar refractivity (Wildman–Crippen MR) is 88.3 cm³/mol. The maximum Gasteiger partial charge on any atom is 0.320 e.